The van der Waals surface area contributed by atoms with E-state index >= 15 is 0 Å². The summed E-state index contributed by atoms with van der Waals surface area (Å²) in [5.74, 6) is 1.16. The van der Waals surface area contributed by atoms with Crippen molar-refractivity contribution in [2.45, 2.75) is 12.5 Å². The number of likely N-dealkylation sites (tertiary alicyclic amines) is 1. The number of hydrogen-bond donors (Lipinski definition) is 2. The van der Waals surface area contributed by atoms with Crippen molar-refractivity contribution in [3.63, 3.8) is 0 Å². The molecule has 1 aliphatic heterocycles. The number of β-amino-alcohol motifs (C(OH)–C–C–N with tert-alkyl or cyclic N) is 1. The second-order valence-electron chi connectivity index (χ2n) is 6.92. The van der Waals surface area contributed by atoms with Crippen molar-refractivity contribution in [2.24, 2.45) is 0 Å². The lowest BCUT2D eigenvalue weighted by Gasteiger charge is -2.16. The summed E-state index contributed by atoms with van der Waals surface area (Å²) in [6, 6.07) is 14.9. The number of amides is 1. The van der Waals surface area contributed by atoms with E-state index in [-0.39, 0.29) is 5.91 Å². The summed E-state index contributed by atoms with van der Waals surface area (Å²) >= 11 is 0. The van der Waals surface area contributed by atoms with Crippen LogP contribution in [0.25, 0.3) is 11.1 Å². The van der Waals surface area contributed by atoms with Crippen LogP contribution in [0.3, 0.4) is 0 Å². The number of carbonyl (C=O) groups is 1. The standard InChI is InChI=1S/C22H22N4O3/c1-29-20-7-5-15(6-8-20)17-12-23-22(24-13-17)25-18-4-2-3-16(11-18)21(28)26-10-9-19(27)14-26/h2-8,11-13,19,27H,9-10,14H2,1H3,(H,23,24,25). The summed E-state index contributed by atoms with van der Waals surface area (Å²) in [5.41, 5.74) is 3.19. The van der Waals surface area contributed by atoms with Gasteiger partial charge in [-0.3, -0.25) is 4.79 Å². The van der Waals surface area contributed by atoms with Crippen LogP contribution in [0.5, 0.6) is 5.75 Å². The average Bonchev–Trinajstić information content (AvgIpc) is 3.20. The van der Waals surface area contributed by atoms with Crippen molar-refractivity contribution < 1.29 is 14.6 Å². The molecular weight excluding hydrogens is 368 g/mol. The smallest absolute Gasteiger partial charge is 0.254 e. The topological polar surface area (TPSA) is 87.6 Å². The highest BCUT2D eigenvalue weighted by molar-refractivity contribution is 5.95. The summed E-state index contributed by atoms with van der Waals surface area (Å²) in [4.78, 5) is 23.0. The Morgan fingerprint density at radius 2 is 1.90 bits per heavy atom. The first-order chi connectivity index (χ1) is 14.1. The van der Waals surface area contributed by atoms with Crippen LogP contribution in [0, 0.1) is 0 Å². The molecule has 0 saturated carbocycles. The third-order valence-corrected chi connectivity index (χ3v) is 4.89. The minimum Gasteiger partial charge on any atom is -0.497 e. The molecule has 0 aliphatic carbocycles. The van der Waals surface area contributed by atoms with Gasteiger partial charge in [-0.1, -0.05) is 18.2 Å². The van der Waals surface area contributed by atoms with Crippen LogP contribution in [0.4, 0.5) is 11.6 Å². The number of methoxy groups -OCH3 is 1. The van der Waals surface area contributed by atoms with E-state index in [4.69, 9.17) is 4.74 Å². The van der Waals surface area contributed by atoms with Crippen LogP contribution >= 0.6 is 0 Å². The third-order valence-electron chi connectivity index (χ3n) is 4.89. The number of anilines is 2. The molecule has 1 aromatic heterocycles. The van der Waals surface area contributed by atoms with Crippen LogP contribution in [0.2, 0.25) is 0 Å². The Morgan fingerprint density at radius 3 is 2.55 bits per heavy atom. The molecule has 7 nitrogen and oxygen atoms in total. The third kappa shape index (κ3) is 4.35. The molecule has 1 amide bonds. The van der Waals surface area contributed by atoms with Crippen LogP contribution < -0.4 is 10.1 Å². The lowest BCUT2D eigenvalue weighted by Crippen LogP contribution is -2.29. The molecule has 1 atom stereocenters. The van der Waals surface area contributed by atoms with Gasteiger partial charge in [0.05, 0.1) is 13.2 Å². The van der Waals surface area contributed by atoms with Crippen LogP contribution in [-0.2, 0) is 0 Å². The Balaban J connectivity index is 1.45. The predicted molar refractivity (Wildman–Crippen MR) is 110 cm³/mol. The van der Waals surface area contributed by atoms with Gasteiger partial charge in [0.25, 0.3) is 5.91 Å². The zero-order valence-corrected chi connectivity index (χ0v) is 16.1. The highest BCUT2D eigenvalue weighted by Crippen LogP contribution is 2.23. The van der Waals surface area contributed by atoms with E-state index in [0.717, 1.165) is 22.6 Å². The largest absolute Gasteiger partial charge is 0.497 e. The molecule has 0 radical (unpaired) electrons. The molecule has 0 spiro atoms. The summed E-state index contributed by atoms with van der Waals surface area (Å²) in [6.07, 6.45) is 3.69. The maximum atomic E-state index is 12.6. The molecule has 29 heavy (non-hydrogen) atoms. The highest BCUT2D eigenvalue weighted by atomic mass is 16.5. The van der Waals surface area contributed by atoms with Gasteiger partial charge in [0, 0.05) is 42.3 Å². The van der Waals surface area contributed by atoms with E-state index in [2.05, 4.69) is 15.3 Å². The van der Waals surface area contributed by atoms with Gasteiger partial charge in [-0.2, -0.15) is 0 Å². The number of hydrogen-bond acceptors (Lipinski definition) is 6. The zero-order valence-electron chi connectivity index (χ0n) is 16.1. The summed E-state index contributed by atoms with van der Waals surface area (Å²) in [5, 5.41) is 12.8. The zero-order chi connectivity index (χ0) is 20.2. The highest BCUT2D eigenvalue weighted by Gasteiger charge is 2.25. The Hall–Kier alpha value is -3.45. The SMILES string of the molecule is COc1ccc(-c2cnc(Nc3cccc(C(=O)N4CCC(O)C4)c3)nc2)cc1. The average molecular weight is 390 g/mol. The minimum atomic E-state index is -0.433. The fourth-order valence-electron chi connectivity index (χ4n) is 3.29. The lowest BCUT2D eigenvalue weighted by atomic mass is 10.1. The second-order valence-corrected chi connectivity index (χ2v) is 6.92. The van der Waals surface area contributed by atoms with Crippen molar-refractivity contribution in [2.75, 3.05) is 25.5 Å². The number of ether oxygens (including phenoxy) is 1. The molecule has 2 N–H and O–H groups in total. The molecule has 1 aliphatic rings. The summed E-state index contributed by atoms with van der Waals surface area (Å²) in [6.45, 7) is 0.958. The molecule has 0 bridgehead atoms. The fraction of sp³-hybridized carbons (Fsp3) is 0.227. The number of carbonyl (C=O) groups excluding carboxylic acids is 1. The summed E-state index contributed by atoms with van der Waals surface area (Å²) in [7, 11) is 1.63. The number of aromatic nitrogens is 2. The van der Waals surface area contributed by atoms with Gasteiger partial charge in [-0.15, -0.1) is 0 Å². The molecule has 148 valence electrons. The second kappa shape index (κ2) is 8.28. The molecule has 1 fully saturated rings. The van der Waals surface area contributed by atoms with Crippen LogP contribution in [0.15, 0.2) is 60.9 Å². The number of nitrogens with one attached hydrogen (secondary N) is 1. The monoisotopic (exact) mass is 390 g/mol. The predicted octanol–water partition coefficient (Wildman–Crippen LogP) is 3.10. The van der Waals surface area contributed by atoms with E-state index in [9.17, 15) is 9.90 Å². The molecule has 1 saturated heterocycles. The first-order valence-electron chi connectivity index (χ1n) is 9.43. The van der Waals surface area contributed by atoms with Gasteiger partial charge in [-0.25, -0.2) is 9.97 Å². The van der Waals surface area contributed by atoms with E-state index in [1.54, 1.807) is 36.5 Å². The van der Waals surface area contributed by atoms with Crippen molar-refractivity contribution in [1.82, 2.24) is 14.9 Å². The quantitative estimate of drug-likeness (QED) is 0.696. The molecule has 2 heterocycles. The Kier molecular flexibility index (Phi) is 5.39. The van der Waals surface area contributed by atoms with Gasteiger partial charge in [0.2, 0.25) is 5.95 Å². The maximum Gasteiger partial charge on any atom is 0.254 e. The molecule has 2 aromatic carbocycles. The number of benzene rings is 2. The van der Waals surface area contributed by atoms with Gasteiger partial charge in [0.1, 0.15) is 5.75 Å². The van der Waals surface area contributed by atoms with Crippen molar-refractivity contribution >= 4 is 17.5 Å². The first kappa shape index (κ1) is 18.9. The molecular formula is C22H22N4O3. The van der Waals surface area contributed by atoms with Crippen molar-refractivity contribution in [3.05, 3.63) is 66.5 Å². The Bertz CT molecular complexity index is 990. The van der Waals surface area contributed by atoms with Crippen molar-refractivity contribution in [3.8, 4) is 16.9 Å². The number of aliphatic hydroxyl groups is 1. The van der Waals surface area contributed by atoms with Gasteiger partial charge in [0.15, 0.2) is 0 Å². The molecule has 1 unspecified atom stereocenters. The maximum absolute atomic E-state index is 12.6. The van der Waals surface area contributed by atoms with Crippen LogP contribution in [-0.4, -0.2) is 52.2 Å². The molecule has 7 heteroatoms. The van der Waals surface area contributed by atoms with E-state index in [0.29, 0.717) is 31.0 Å². The number of rotatable bonds is 5. The van der Waals surface area contributed by atoms with Gasteiger partial charge in [-0.05, 0) is 42.3 Å². The number of nitrogens with zero attached hydrogens (tertiary/aromatic N) is 3. The Labute approximate surface area is 169 Å². The normalized spacial score (nSPS) is 15.9. The van der Waals surface area contributed by atoms with E-state index in [1.165, 1.54) is 0 Å². The van der Waals surface area contributed by atoms with Crippen LogP contribution in [0.1, 0.15) is 16.8 Å². The first-order valence-corrected chi connectivity index (χ1v) is 9.43. The van der Waals surface area contributed by atoms with E-state index < -0.39 is 6.10 Å². The van der Waals surface area contributed by atoms with Crippen molar-refractivity contribution in [1.29, 1.82) is 0 Å². The minimum absolute atomic E-state index is 0.0824. The fourth-order valence-corrected chi connectivity index (χ4v) is 3.29. The number of aliphatic hydroxyl groups excluding tert-OH is 1. The summed E-state index contributed by atoms with van der Waals surface area (Å²) < 4.78 is 5.17. The Morgan fingerprint density at radius 1 is 1.14 bits per heavy atom. The van der Waals surface area contributed by atoms with Gasteiger partial charge >= 0.3 is 0 Å². The molecule has 4 rings (SSSR count). The molecule has 3 aromatic rings. The van der Waals surface area contributed by atoms with E-state index in [1.807, 2.05) is 36.4 Å². The lowest BCUT2D eigenvalue weighted by molar-refractivity contribution is 0.0765. The van der Waals surface area contributed by atoms with Gasteiger partial charge < -0.3 is 20.1 Å².